The van der Waals surface area contributed by atoms with Gasteiger partial charge in [0.25, 0.3) is 0 Å². The van der Waals surface area contributed by atoms with Crippen molar-refractivity contribution in [3.05, 3.63) is 11.6 Å². The highest BCUT2D eigenvalue weighted by atomic mass is 16.1. The number of allylic oxidation sites excluding steroid dienone is 2. The number of fused-ring (bicyclic) bond motifs is 3. The predicted molar refractivity (Wildman–Crippen MR) is 70.0 cm³/mol. The minimum absolute atomic E-state index is 0.0164. The number of carbonyl (C=O) groups excluding carboxylic acids is 2. The van der Waals surface area contributed by atoms with Crippen molar-refractivity contribution in [1.82, 2.24) is 0 Å². The molecule has 3 aliphatic rings. The Bertz CT molecular complexity index is 421. The summed E-state index contributed by atoms with van der Waals surface area (Å²) in [6.07, 6.45) is 6.89. The summed E-state index contributed by atoms with van der Waals surface area (Å²) in [6, 6.07) is 0. The van der Waals surface area contributed by atoms with Gasteiger partial charge in [0.1, 0.15) is 11.6 Å². The third kappa shape index (κ3) is 1.77. The van der Waals surface area contributed by atoms with Crippen molar-refractivity contribution in [3.63, 3.8) is 0 Å². The summed E-state index contributed by atoms with van der Waals surface area (Å²) < 4.78 is 0. The zero-order valence-corrected chi connectivity index (χ0v) is 11.3. The molecule has 0 amide bonds. The molecule has 0 heterocycles. The molecule has 0 spiro atoms. The third-order valence-electron chi connectivity index (χ3n) is 5.25. The zero-order chi connectivity index (χ0) is 12.9. The molecule has 3 aliphatic carbocycles. The van der Waals surface area contributed by atoms with Crippen molar-refractivity contribution in [1.29, 1.82) is 0 Å². The summed E-state index contributed by atoms with van der Waals surface area (Å²) in [5, 5.41) is 0. The van der Waals surface area contributed by atoms with Crippen LogP contribution in [0.4, 0.5) is 0 Å². The molecule has 0 aromatic carbocycles. The van der Waals surface area contributed by atoms with Gasteiger partial charge in [-0.2, -0.15) is 0 Å². The number of rotatable bonds is 0. The van der Waals surface area contributed by atoms with Gasteiger partial charge in [0.15, 0.2) is 0 Å². The van der Waals surface area contributed by atoms with Gasteiger partial charge in [0.2, 0.25) is 0 Å². The van der Waals surface area contributed by atoms with Crippen LogP contribution in [-0.2, 0) is 9.59 Å². The van der Waals surface area contributed by atoms with Gasteiger partial charge in [-0.15, -0.1) is 0 Å². The molecule has 0 aromatic heterocycles. The molecule has 0 radical (unpaired) electrons. The van der Waals surface area contributed by atoms with Gasteiger partial charge >= 0.3 is 0 Å². The molecule has 2 heteroatoms. The molecule has 0 saturated heterocycles. The maximum atomic E-state index is 12.4. The molecule has 3 rings (SSSR count). The number of hydrogen-bond donors (Lipinski definition) is 0. The molecular weight excluding hydrogens is 224 g/mol. The first-order valence-corrected chi connectivity index (χ1v) is 7.31. The molecule has 0 aliphatic heterocycles. The quantitative estimate of drug-likeness (QED) is 0.615. The molecule has 0 unspecified atom stereocenters. The van der Waals surface area contributed by atoms with Gasteiger partial charge in [-0.3, -0.25) is 9.59 Å². The van der Waals surface area contributed by atoms with E-state index in [1.807, 2.05) is 0 Å². The maximum Gasteiger partial charge on any atom is 0.137 e. The maximum absolute atomic E-state index is 12.4. The number of carbonyl (C=O) groups is 2. The fraction of sp³-hybridized carbons (Fsp3) is 0.750. The van der Waals surface area contributed by atoms with Crippen molar-refractivity contribution in [2.24, 2.45) is 29.6 Å². The lowest BCUT2D eigenvalue weighted by molar-refractivity contribution is -0.140. The molecule has 0 aromatic rings. The second kappa shape index (κ2) is 4.32. The Balaban J connectivity index is 1.99. The molecule has 2 nitrogen and oxygen atoms in total. The molecule has 18 heavy (non-hydrogen) atoms. The summed E-state index contributed by atoms with van der Waals surface area (Å²) in [4.78, 5) is 24.6. The lowest BCUT2D eigenvalue weighted by atomic mass is 9.57. The van der Waals surface area contributed by atoms with Crippen LogP contribution < -0.4 is 0 Å². The Morgan fingerprint density at radius 2 is 1.94 bits per heavy atom. The number of Topliss-reactive ketones (excluding diaryl/α,β-unsaturated/α-hetero) is 2. The number of hydrogen-bond acceptors (Lipinski definition) is 2. The summed E-state index contributed by atoms with van der Waals surface area (Å²) in [6.45, 7) is 4.32. The Hall–Kier alpha value is -0.920. The Kier molecular flexibility index (Phi) is 2.91. The fourth-order valence-electron chi connectivity index (χ4n) is 4.54. The van der Waals surface area contributed by atoms with E-state index in [2.05, 4.69) is 19.9 Å². The van der Waals surface area contributed by atoms with E-state index in [4.69, 9.17) is 0 Å². The average molecular weight is 246 g/mol. The molecule has 0 bridgehead atoms. The van der Waals surface area contributed by atoms with E-state index in [1.54, 1.807) is 0 Å². The van der Waals surface area contributed by atoms with E-state index >= 15 is 0 Å². The van der Waals surface area contributed by atoms with Crippen LogP contribution in [0.25, 0.3) is 0 Å². The van der Waals surface area contributed by atoms with Gasteiger partial charge in [0.05, 0.1) is 0 Å². The van der Waals surface area contributed by atoms with Gasteiger partial charge in [-0.1, -0.05) is 18.6 Å². The van der Waals surface area contributed by atoms with E-state index in [0.717, 1.165) is 19.3 Å². The van der Waals surface area contributed by atoms with E-state index < -0.39 is 0 Å². The smallest absolute Gasteiger partial charge is 0.137 e. The van der Waals surface area contributed by atoms with E-state index in [9.17, 15) is 9.59 Å². The highest BCUT2D eigenvalue weighted by Gasteiger charge is 2.49. The van der Waals surface area contributed by atoms with Crippen LogP contribution in [0.5, 0.6) is 0 Å². The fourth-order valence-corrected chi connectivity index (χ4v) is 4.54. The van der Waals surface area contributed by atoms with Crippen LogP contribution in [0.2, 0.25) is 0 Å². The van der Waals surface area contributed by atoms with Crippen LogP contribution in [0.1, 0.15) is 46.0 Å². The third-order valence-corrected chi connectivity index (χ3v) is 5.25. The van der Waals surface area contributed by atoms with Crippen LogP contribution in [-0.4, -0.2) is 11.6 Å². The second-order valence-electron chi connectivity index (χ2n) is 6.60. The molecule has 2 fully saturated rings. The molecule has 2 saturated carbocycles. The van der Waals surface area contributed by atoms with Crippen molar-refractivity contribution in [3.8, 4) is 0 Å². The van der Waals surface area contributed by atoms with E-state index in [-0.39, 0.29) is 11.8 Å². The van der Waals surface area contributed by atoms with Gasteiger partial charge < -0.3 is 0 Å². The molecule has 0 N–H and O–H groups in total. The highest BCUT2D eigenvalue weighted by Crippen LogP contribution is 2.49. The van der Waals surface area contributed by atoms with E-state index in [0.29, 0.717) is 42.2 Å². The van der Waals surface area contributed by atoms with Crippen molar-refractivity contribution < 1.29 is 9.59 Å². The van der Waals surface area contributed by atoms with Crippen LogP contribution >= 0.6 is 0 Å². The summed E-state index contributed by atoms with van der Waals surface area (Å²) >= 11 is 0. The van der Waals surface area contributed by atoms with Gasteiger partial charge in [-0.25, -0.2) is 0 Å². The standard InChI is InChI=1S/C16H22O2/c1-9-6-11-8-10(2)12-4-3-5-13(17)16(12)15(11)14(18)7-9/h8-9,11-12,15-16H,3-7H2,1-2H3/t9-,11-,12-,15-,16-/m1/s1. The van der Waals surface area contributed by atoms with Gasteiger partial charge in [-0.05, 0) is 43.9 Å². The van der Waals surface area contributed by atoms with Crippen LogP contribution in [0.15, 0.2) is 11.6 Å². The Morgan fingerprint density at radius 3 is 2.72 bits per heavy atom. The first kappa shape index (κ1) is 12.1. The molecule has 5 atom stereocenters. The summed E-state index contributed by atoms with van der Waals surface area (Å²) in [5.74, 6) is 1.94. The minimum Gasteiger partial charge on any atom is -0.299 e. The van der Waals surface area contributed by atoms with Crippen LogP contribution in [0, 0.1) is 29.6 Å². The first-order valence-electron chi connectivity index (χ1n) is 7.31. The Morgan fingerprint density at radius 1 is 1.17 bits per heavy atom. The van der Waals surface area contributed by atoms with Crippen molar-refractivity contribution >= 4 is 11.6 Å². The molecule has 98 valence electrons. The Labute approximate surface area is 109 Å². The summed E-state index contributed by atoms with van der Waals surface area (Å²) in [5.41, 5.74) is 1.37. The largest absolute Gasteiger partial charge is 0.299 e. The monoisotopic (exact) mass is 246 g/mol. The molecular formula is C16H22O2. The van der Waals surface area contributed by atoms with Crippen LogP contribution in [0.3, 0.4) is 0 Å². The zero-order valence-electron chi connectivity index (χ0n) is 11.3. The number of ketones is 2. The van der Waals surface area contributed by atoms with Crippen molar-refractivity contribution in [2.75, 3.05) is 0 Å². The lowest BCUT2D eigenvalue weighted by Gasteiger charge is -2.45. The highest BCUT2D eigenvalue weighted by molar-refractivity contribution is 5.92. The topological polar surface area (TPSA) is 34.1 Å². The lowest BCUT2D eigenvalue weighted by Crippen LogP contribution is -2.47. The predicted octanol–water partition coefficient (Wildman–Crippen LogP) is 3.16. The average Bonchev–Trinajstić information content (AvgIpc) is 2.29. The summed E-state index contributed by atoms with van der Waals surface area (Å²) in [7, 11) is 0. The first-order chi connectivity index (χ1) is 8.58. The minimum atomic E-state index is 0.0164. The SMILES string of the molecule is CC1=C[C@H]2C[C@@H](C)CC(=O)[C@@H]2[C@H]2C(=O)CCC[C@H]12. The van der Waals surface area contributed by atoms with Crippen molar-refractivity contribution in [2.45, 2.75) is 46.0 Å². The normalized spacial score (nSPS) is 44.1. The second-order valence-corrected chi connectivity index (χ2v) is 6.60. The van der Waals surface area contributed by atoms with Gasteiger partial charge in [0, 0.05) is 24.7 Å². The van der Waals surface area contributed by atoms with E-state index in [1.165, 1.54) is 5.57 Å².